The first-order chi connectivity index (χ1) is 14.1. The number of likely N-dealkylation sites (N-methyl/N-ethyl adjacent to an activating group) is 1. The number of benzene rings is 2. The van der Waals surface area contributed by atoms with Gasteiger partial charge in [-0.05, 0) is 26.0 Å². The summed E-state index contributed by atoms with van der Waals surface area (Å²) in [6.45, 7) is 4.40. The van der Waals surface area contributed by atoms with E-state index >= 15 is 0 Å². The Morgan fingerprint density at radius 3 is 2.20 bits per heavy atom. The van der Waals surface area contributed by atoms with Gasteiger partial charge in [0.05, 0.1) is 10.5 Å². The molecule has 0 fully saturated rings. The molecule has 0 spiro atoms. The average molecular weight is 434 g/mol. The first-order valence-corrected chi connectivity index (χ1v) is 11.0. The fourth-order valence-electron chi connectivity index (χ4n) is 2.87. The summed E-state index contributed by atoms with van der Waals surface area (Å²) in [4.78, 5) is 37.0. The smallest absolute Gasteiger partial charge is 0.339 e. The van der Waals surface area contributed by atoms with Crippen LogP contribution in [0.4, 0.5) is 5.69 Å². The van der Waals surface area contributed by atoms with Gasteiger partial charge in [-0.2, -0.15) is 0 Å². The molecule has 0 aliphatic rings. The molecule has 2 aromatic carbocycles. The summed E-state index contributed by atoms with van der Waals surface area (Å²) < 4.78 is 29.0. The summed E-state index contributed by atoms with van der Waals surface area (Å²) >= 11 is 0. The van der Waals surface area contributed by atoms with Crippen molar-refractivity contribution < 1.29 is 27.7 Å². The molecule has 0 saturated heterocycles. The number of esters is 1. The maximum Gasteiger partial charge on any atom is 0.339 e. The average Bonchev–Trinajstić information content (AvgIpc) is 2.72. The Balaban J connectivity index is 2.44. The highest BCUT2D eigenvalue weighted by Crippen LogP contribution is 2.27. The van der Waals surface area contributed by atoms with Crippen molar-refractivity contribution >= 4 is 27.4 Å². The van der Waals surface area contributed by atoms with Crippen molar-refractivity contribution in [3.05, 3.63) is 69.8 Å². The van der Waals surface area contributed by atoms with Gasteiger partial charge in [0.15, 0.2) is 9.84 Å². The van der Waals surface area contributed by atoms with Gasteiger partial charge in [0.1, 0.15) is 4.90 Å². The van der Waals surface area contributed by atoms with Crippen LogP contribution in [-0.2, 0) is 19.4 Å². The molecule has 2 aromatic rings. The van der Waals surface area contributed by atoms with Crippen molar-refractivity contribution in [1.29, 1.82) is 0 Å². The highest BCUT2D eigenvalue weighted by molar-refractivity contribution is 7.90. The van der Waals surface area contributed by atoms with Crippen LogP contribution in [0.5, 0.6) is 0 Å². The molecule has 0 radical (unpaired) electrons. The lowest BCUT2D eigenvalue weighted by Gasteiger charge is -2.25. The third-order valence-corrected chi connectivity index (χ3v) is 5.56. The van der Waals surface area contributed by atoms with E-state index in [1.807, 2.05) is 0 Å². The molecule has 9 nitrogen and oxygen atoms in total. The number of nitrogens with zero attached hydrogens (tertiary/aromatic N) is 2. The number of carbonyl (C=O) groups excluding carboxylic acids is 2. The first kappa shape index (κ1) is 23.0. The lowest BCUT2D eigenvalue weighted by Crippen LogP contribution is -2.36. The van der Waals surface area contributed by atoms with E-state index in [-0.39, 0.29) is 5.56 Å². The summed E-state index contributed by atoms with van der Waals surface area (Å²) in [6.07, 6.45) is -0.408. The van der Waals surface area contributed by atoms with Crippen LogP contribution in [0.2, 0.25) is 0 Å². The van der Waals surface area contributed by atoms with Crippen LogP contribution < -0.4 is 0 Å². The standard InChI is InChI=1S/C20H22N2O7S/c1-4-21(5-2)19(23)18(14-9-7-6-8-10-14)29-20(24)15-11-12-17(30(3,27)28)16(13-15)22(25)26/h6-13,18H,4-5H2,1-3H3/t18-/m0/s1. The summed E-state index contributed by atoms with van der Waals surface area (Å²) in [5.41, 5.74) is -0.523. The van der Waals surface area contributed by atoms with Gasteiger partial charge in [-0.1, -0.05) is 30.3 Å². The largest absolute Gasteiger partial charge is 0.444 e. The van der Waals surface area contributed by atoms with Crippen LogP contribution in [0.1, 0.15) is 35.9 Å². The van der Waals surface area contributed by atoms with Gasteiger partial charge in [-0.25, -0.2) is 13.2 Å². The maximum atomic E-state index is 12.9. The minimum Gasteiger partial charge on any atom is -0.444 e. The van der Waals surface area contributed by atoms with Crippen LogP contribution in [0.15, 0.2) is 53.4 Å². The molecule has 0 aliphatic heterocycles. The Labute approximate surface area is 174 Å². The Bertz CT molecular complexity index is 1050. The van der Waals surface area contributed by atoms with Crippen LogP contribution in [0.25, 0.3) is 0 Å². The van der Waals surface area contributed by atoms with Crippen LogP contribution in [0.3, 0.4) is 0 Å². The number of nitro benzene ring substituents is 1. The molecule has 1 atom stereocenters. The molecule has 0 aliphatic carbocycles. The molecule has 10 heteroatoms. The second-order valence-electron chi connectivity index (χ2n) is 6.42. The topological polar surface area (TPSA) is 124 Å². The second-order valence-corrected chi connectivity index (χ2v) is 8.40. The van der Waals surface area contributed by atoms with E-state index in [1.54, 1.807) is 44.2 Å². The Morgan fingerprint density at radius 1 is 1.10 bits per heavy atom. The molecule has 160 valence electrons. The summed E-state index contributed by atoms with van der Waals surface area (Å²) in [6, 6.07) is 11.3. The highest BCUT2D eigenvalue weighted by Gasteiger charge is 2.30. The molecule has 2 rings (SSSR count). The fraction of sp³-hybridized carbons (Fsp3) is 0.300. The molecule has 1 amide bonds. The van der Waals surface area contributed by atoms with E-state index in [0.717, 1.165) is 24.5 Å². The SMILES string of the molecule is CCN(CC)C(=O)[C@@H](OC(=O)c1ccc(S(C)(=O)=O)c([N+](=O)[O-])c1)c1ccccc1. The zero-order chi connectivity index (χ0) is 22.5. The number of sulfone groups is 1. The molecule has 30 heavy (non-hydrogen) atoms. The number of hydrogen-bond acceptors (Lipinski definition) is 7. The lowest BCUT2D eigenvalue weighted by atomic mass is 10.1. The number of amides is 1. The van der Waals surface area contributed by atoms with Crippen molar-refractivity contribution in [1.82, 2.24) is 4.90 Å². The van der Waals surface area contributed by atoms with Crippen LogP contribution in [0, 0.1) is 10.1 Å². The second kappa shape index (κ2) is 9.49. The molecule has 0 aromatic heterocycles. The van der Waals surface area contributed by atoms with Crippen LogP contribution >= 0.6 is 0 Å². The van der Waals surface area contributed by atoms with E-state index in [4.69, 9.17) is 4.74 Å². The Hall–Kier alpha value is -3.27. The third kappa shape index (κ3) is 5.20. The predicted molar refractivity (Wildman–Crippen MR) is 109 cm³/mol. The molecule has 0 bridgehead atoms. The van der Waals surface area contributed by atoms with E-state index in [2.05, 4.69) is 0 Å². The van der Waals surface area contributed by atoms with E-state index in [9.17, 15) is 28.1 Å². The molecule has 0 N–H and O–H groups in total. The predicted octanol–water partition coefficient (Wildman–Crippen LogP) is 2.76. The number of rotatable bonds is 8. The lowest BCUT2D eigenvalue weighted by molar-refractivity contribution is -0.387. The first-order valence-electron chi connectivity index (χ1n) is 9.13. The number of nitro groups is 1. The normalized spacial score (nSPS) is 12.1. The van der Waals surface area contributed by atoms with Gasteiger partial charge in [0.25, 0.3) is 11.6 Å². The zero-order valence-electron chi connectivity index (χ0n) is 16.8. The third-order valence-electron chi connectivity index (χ3n) is 4.42. The quantitative estimate of drug-likeness (QED) is 0.355. The van der Waals surface area contributed by atoms with Gasteiger partial charge in [0, 0.05) is 31.0 Å². The van der Waals surface area contributed by atoms with E-state index in [1.165, 1.54) is 4.90 Å². The van der Waals surface area contributed by atoms with Gasteiger partial charge >= 0.3 is 5.97 Å². The fourth-order valence-corrected chi connectivity index (χ4v) is 3.69. The number of hydrogen-bond donors (Lipinski definition) is 0. The van der Waals surface area contributed by atoms with Gasteiger partial charge < -0.3 is 9.64 Å². The number of carbonyl (C=O) groups is 2. The Morgan fingerprint density at radius 2 is 1.70 bits per heavy atom. The summed E-state index contributed by atoms with van der Waals surface area (Å²) in [7, 11) is -3.87. The van der Waals surface area contributed by atoms with E-state index in [0.29, 0.717) is 18.7 Å². The summed E-state index contributed by atoms with van der Waals surface area (Å²) in [5.74, 6) is -1.41. The van der Waals surface area contributed by atoms with Crippen molar-refractivity contribution in [2.75, 3.05) is 19.3 Å². The molecular formula is C20H22N2O7S. The Kier molecular flexibility index (Phi) is 7.28. The highest BCUT2D eigenvalue weighted by atomic mass is 32.2. The van der Waals surface area contributed by atoms with Gasteiger partial charge in [0.2, 0.25) is 6.10 Å². The minimum atomic E-state index is -3.87. The zero-order valence-corrected chi connectivity index (χ0v) is 17.6. The molecule has 0 heterocycles. The number of ether oxygens (including phenoxy) is 1. The monoisotopic (exact) mass is 434 g/mol. The van der Waals surface area contributed by atoms with Crippen molar-refractivity contribution in [3.8, 4) is 0 Å². The maximum absolute atomic E-state index is 12.9. The minimum absolute atomic E-state index is 0.234. The van der Waals surface area contributed by atoms with Gasteiger partial charge in [-0.15, -0.1) is 0 Å². The van der Waals surface area contributed by atoms with Gasteiger partial charge in [-0.3, -0.25) is 14.9 Å². The van der Waals surface area contributed by atoms with E-state index < -0.39 is 43.3 Å². The molecular weight excluding hydrogens is 412 g/mol. The van der Waals surface area contributed by atoms with Crippen molar-refractivity contribution in [2.45, 2.75) is 24.8 Å². The molecule has 0 saturated carbocycles. The van der Waals surface area contributed by atoms with Crippen molar-refractivity contribution in [3.63, 3.8) is 0 Å². The van der Waals surface area contributed by atoms with Crippen molar-refractivity contribution in [2.24, 2.45) is 0 Å². The molecule has 0 unspecified atom stereocenters. The van der Waals surface area contributed by atoms with Crippen LogP contribution in [-0.4, -0.2) is 49.5 Å². The summed E-state index contributed by atoms with van der Waals surface area (Å²) in [5, 5.41) is 11.3.